The monoisotopic (exact) mass is 674 g/mol. The zero-order valence-corrected chi connectivity index (χ0v) is 26.2. The summed E-state index contributed by atoms with van der Waals surface area (Å²) in [5, 5.41) is 7.47. The summed E-state index contributed by atoms with van der Waals surface area (Å²) in [6.45, 7) is 10.3. The SMILES string of the molecule is Cc1[c-]cc(N(C(=O)n2nnn(-c3c(F)cccc3C(=O)N3CCCCC3)c2=O)C(C)C)cc1.[CH2-]c1ccccc1.[Co].[Co]. The molecule has 9 nitrogen and oxygen atoms in total. The molecule has 232 valence electrons. The largest absolute Gasteiger partial charge is 0.377 e. The first-order valence-corrected chi connectivity index (χ1v) is 13.5. The smallest absolute Gasteiger partial charge is 0.344 e. The Hall–Kier alpha value is -3.72. The summed E-state index contributed by atoms with van der Waals surface area (Å²) in [7, 11) is 0. The molecular weight excluding hydrogens is 641 g/mol. The number of likely N-dealkylation sites (tertiary alicyclic amines) is 1. The Balaban J connectivity index is 0.000000631. The van der Waals surface area contributed by atoms with Crippen molar-refractivity contribution in [2.75, 3.05) is 18.0 Å². The van der Waals surface area contributed by atoms with Gasteiger partial charge in [-0.05, 0) is 55.7 Å². The number of benzene rings is 3. The van der Waals surface area contributed by atoms with Crippen LogP contribution in [0.2, 0.25) is 0 Å². The number of rotatable bonds is 4. The van der Waals surface area contributed by atoms with E-state index in [1.807, 2.05) is 37.3 Å². The standard InChI is InChI=1S/C24H26FN6O3.C7H7.2Co/c1-16(2)29(18-12-10-17(3)11-13-18)23(33)31-24(34)30(26-27-31)21-19(8-7-9-20(21)25)22(32)28-14-5-4-6-15-28;1-7-5-3-2-4-6-7;;/h7-10,12-13,16H,4-6,14-15H2,1-3H3;2-6H,1H2;;/q2*-1;;. The van der Waals surface area contributed by atoms with Gasteiger partial charge in [-0.3, -0.25) is 4.79 Å². The fourth-order valence-electron chi connectivity index (χ4n) is 4.53. The molecule has 1 aliphatic heterocycles. The van der Waals surface area contributed by atoms with E-state index in [1.54, 1.807) is 36.9 Å². The molecular formula is C31H33Co2FN6O3-2. The van der Waals surface area contributed by atoms with Crippen molar-refractivity contribution in [3.05, 3.63) is 113 Å². The third-order valence-corrected chi connectivity index (χ3v) is 6.63. The zero-order chi connectivity index (χ0) is 29.5. The molecule has 0 unspecified atom stereocenters. The molecule has 2 amide bonds. The molecule has 1 saturated heterocycles. The predicted octanol–water partition coefficient (Wildman–Crippen LogP) is 5.05. The number of hydrogen-bond acceptors (Lipinski definition) is 5. The molecule has 0 atom stereocenters. The average molecular weight is 675 g/mol. The first kappa shape index (κ1) is 35.5. The number of amides is 2. The van der Waals surface area contributed by atoms with Crippen LogP contribution in [0.15, 0.2) is 71.5 Å². The fraction of sp³-hybridized carbons (Fsp3) is 0.290. The Bertz CT molecular complexity index is 1550. The number of aromatic nitrogens is 4. The van der Waals surface area contributed by atoms with Crippen LogP contribution in [0.5, 0.6) is 0 Å². The van der Waals surface area contributed by atoms with Crippen molar-refractivity contribution in [3.63, 3.8) is 0 Å². The van der Waals surface area contributed by atoms with Gasteiger partial charge in [-0.2, -0.15) is 53.1 Å². The molecule has 2 radical (unpaired) electrons. The average Bonchev–Trinajstić information content (AvgIpc) is 3.35. The topological polar surface area (TPSA) is 93.3 Å². The maximum absolute atomic E-state index is 14.9. The third-order valence-electron chi connectivity index (χ3n) is 6.63. The van der Waals surface area contributed by atoms with Gasteiger partial charge in [-0.25, -0.2) is 14.0 Å². The number of anilines is 1. The Morgan fingerprint density at radius 2 is 1.63 bits per heavy atom. The number of aryl methyl sites for hydroxylation is 1. The van der Waals surface area contributed by atoms with Crippen LogP contribution < -0.4 is 10.6 Å². The van der Waals surface area contributed by atoms with E-state index < -0.39 is 17.5 Å². The van der Waals surface area contributed by atoms with Crippen molar-refractivity contribution in [2.24, 2.45) is 0 Å². The van der Waals surface area contributed by atoms with E-state index in [2.05, 4.69) is 23.4 Å². The number of hydrogen-bond donors (Lipinski definition) is 0. The number of halogens is 1. The molecule has 1 fully saturated rings. The van der Waals surface area contributed by atoms with Gasteiger partial charge in [-0.1, -0.05) is 24.7 Å². The van der Waals surface area contributed by atoms with E-state index in [0.717, 1.165) is 36.5 Å². The van der Waals surface area contributed by atoms with E-state index in [1.165, 1.54) is 17.0 Å². The van der Waals surface area contributed by atoms with Crippen LogP contribution in [0.3, 0.4) is 0 Å². The van der Waals surface area contributed by atoms with Gasteiger partial charge in [0.2, 0.25) is 0 Å². The minimum absolute atomic E-state index is 0. The molecule has 0 saturated carbocycles. The Morgan fingerprint density at radius 3 is 2.19 bits per heavy atom. The summed E-state index contributed by atoms with van der Waals surface area (Å²) in [4.78, 5) is 42.6. The van der Waals surface area contributed by atoms with Gasteiger partial charge in [0.05, 0.1) is 5.56 Å². The van der Waals surface area contributed by atoms with E-state index >= 15 is 0 Å². The van der Waals surface area contributed by atoms with Crippen LogP contribution in [0, 0.1) is 25.7 Å². The van der Waals surface area contributed by atoms with Crippen LogP contribution in [0.25, 0.3) is 5.69 Å². The van der Waals surface area contributed by atoms with Crippen LogP contribution in [-0.2, 0) is 33.6 Å². The first-order chi connectivity index (χ1) is 19.7. The molecule has 1 aromatic heterocycles. The molecule has 5 rings (SSSR count). The molecule has 1 aliphatic rings. The van der Waals surface area contributed by atoms with Crippen LogP contribution in [-0.4, -0.2) is 55.8 Å². The number of piperidine rings is 1. The molecule has 2 heterocycles. The van der Waals surface area contributed by atoms with Crippen LogP contribution >= 0.6 is 0 Å². The van der Waals surface area contributed by atoms with Crippen molar-refractivity contribution < 1.29 is 47.5 Å². The third kappa shape index (κ3) is 8.44. The summed E-state index contributed by atoms with van der Waals surface area (Å²) in [5.74, 6) is -1.20. The maximum atomic E-state index is 14.9. The van der Waals surface area contributed by atoms with Gasteiger partial charge in [0, 0.05) is 52.7 Å². The normalized spacial score (nSPS) is 12.3. The maximum Gasteiger partial charge on any atom is 0.377 e. The quantitative estimate of drug-likeness (QED) is 0.223. The first-order valence-electron chi connectivity index (χ1n) is 13.5. The van der Waals surface area contributed by atoms with E-state index in [-0.39, 0.29) is 56.8 Å². The van der Waals surface area contributed by atoms with E-state index in [9.17, 15) is 18.8 Å². The summed E-state index contributed by atoms with van der Waals surface area (Å²) in [5.41, 5.74) is 1.21. The Labute approximate surface area is 271 Å². The van der Waals surface area contributed by atoms with E-state index in [0.29, 0.717) is 28.1 Å². The number of carbonyl (C=O) groups excluding carboxylic acids is 2. The van der Waals surface area contributed by atoms with Gasteiger partial charge in [0.25, 0.3) is 5.91 Å². The second-order valence-corrected chi connectivity index (χ2v) is 10.0. The molecule has 3 aromatic carbocycles. The number of para-hydroxylation sites is 1. The van der Waals surface area contributed by atoms with Gasteiger partial charge >= 0.3 is 11.7 Å². The van der Waals surface area contributed by atoms with Crippen molar-refractivity contribution in [3.8, 4) is 5.69 Å². The Kier molecular flexibility index (Phi) is 13.4. The zero-order valence-electron chi connectivity index (χ0n) is 24.1. The van der Waals surface area contributed by atoms with Crippen molar-refractivity contribution >= 4 is 17.6 Å². The molecule has 0 aliphatic carbocycles. The van der Waals surface area contributed by atoms with Gasteiger partial charge in [-0.15, -0.1) is 22.9 Å². The minimum Gasteiger partial charge on any atom is -0.344 e. The van der Waals surface area contributed by atoms with Gasteiger partial charge < -0.3 is 9.80 Å². The second-order valence-electron chi connectivity index (χ2n) is 10.0. The van der Waals surface area contributed by atoms with Crippen LogP contribution in [0.1, 0.15) is 54.6 Å². The summed E-state index contributed by atoms with van der Waals surface area (Å²) in [6, 6.07) is 21.0. The van der Waals surface area contributed by atoms with Gasteiger partial charge in [0.1, 0.15) is 11.5 Å². The summed E-state index contributed by atoms with van der Waals surface area (Å²) < 4.78 is 16.2. The number of tetrazole rings is 1. The minimum atomic E-state index is -0.968. The van der Waals surface area contributed by atoms with Crippen molar-refractivity contribution in [2.45, 2.75) is 46.1 Å². The fourth-order valence-corrected chi connectivity index (χ4v) is 4.53. The predicted molar refractivity (Wildman–Crippen MR) is 155 cm³/mol. The molecule has 0 spiro atoms. The Morgan fingerprint density at radius 1 is 0.953 bits per heavy atom. The summed E-state index contributed by atoms with van der Waals surface area (Å²) >= 11 is 0. The van der Waals surface area contributed by atoms with Crippen LogP contribution in [0.4, 0.5) is 14.9 Å². The molecule has 0 N–H and O–H groups in total. The molecule has 0 bridgehead atoms. The molecule has 12 heteroatoms. The molecule has 4 aromatic rings. The van der Waals surface area contributed by atoms with Gasteiger partial charge in [0.15, 0.2) is 0 Å². The van der Waals surface area contributed by atoms with E-state index in [4.69, 9.17) is 0 Å². The summed E-state index contributed by atoms with van der Waals surface area (Å²) in [6.07, 6.45) is 2.76. The number of nitrogens with zero attached hydrogens (tertiary/aromatic N) is 6. The number of carbonyl (C=O) groups is 2. The second kappa shape index (κ2) is 16.2. The molecule has 43 heavy (non-hydrogen) atoms. The van der Waals surface area contributed by atoms with Crippen molar-refractivity contribution in [1.82, 2.24) is 24.7 Å². The van der Waals surface area contributed by atoms with Crippen molar-refractivity contribution in [1.29, 1.82) is 0 Å².